The number of rotatable bonds is 8. The standard InChI is InChI=1S/C21H25N3O5/c1-27-18-7-6-15(13-19(18)28-2)8-9-22-20(25)23-17-5-3-4-16(12-17)14-24-10-11-29-21(24)26/h3-7,12-13H,8-11,14H2,1-2H3,(H2,22,23,25). The molecule has 8 heteroatoms. The van der Waals surface area contributed by atoms with Crippen molar-refractivity contribution in [1.82, 2.24) is 10.2 Å². The van der Waals surface area contributed by atoms with Crippen LogP contribution in [0.15, 0.2) is 42.5 Å². The normalized spacial score (nSPS) is 13.0. The molecular formula is C21H25N3O5. The molecule has 0 spiro atoms. The van der Waals surface area contributed by atoms with Gasteiger partial charge in [0.25, 0.3) is 0 Å². The van der Waals surface area contributed by atoms with Crippen LogP contribution in [0.25, 0.3) is 0 Å². The van der Waals surface area contributed by atoms with Crippen molar-refractivity contribution in [3.05, 3.63) is 53.6 Å². The molecule has 2 aromatic rings. The van der Waals surface area contributed by atoms with E-state index in [0.717, 1.165) is 11.1 Å². The van der Waals surface area contributed by atoms with Crippen molar-refractivity contribution < 1.29 is 23.8 Å². The van der Waals surface area contributed by atoms with Gasteiger partial charge in [-0.1, -0.05) is 18.2 Å². The van der Waals surface area contributed by atoms with E-state index in [1.54, 1.807) is 25.2 Å². The van der Waals surface area contributed by atoms with E-state index in [1.807, 2.05) is 36.4 Å². The number of nitrogens with zero attached hydrogens (tertiary/aromatic N) is 1. The van der Waals surface area contributed by atoms with E-state index in [1.165, 1.54) is 0 Å². The van der Waals surface area contributed by atoms with Gasteiger partial charge in [0, 0.05) is 18.8 Å². The zero-order chi connectivity index (χ0) is 20.6. The van der Waals surface area contributed by atoms with Gasteiger partial charge >= 0.3 is 12.1 Å². The predicted molar refractivity (Wildman–Crippen MR) is 108 cm³/mol. The molecule has 2 N–H and O–H groups in total. The van der Waals surface area contributed by atoms with Crippen LogP contribution in [0.2, 0.25) is 0 Å². The summed E-state index contributed by atoms with van der Waals surface area (Å²) in [7, 11) is 3.18. The van der Waals surface area contributed by atoms with Gasteiger partial charge in [0.15, 0.2) is 11.5 Å². The van der Waals surface area contributed by atoms with Crippen molar-refractivity contribution in [2.75, 3.05) is 39.2 Å². The van der Waals surface area contributed by atoms with Crippen LogP contribution in [0.4, 0.5) is 15.3 Å². The van der Waals surface area contributed by atoms with Crippen LogP contribution < -0.4 is 20.1 Å². The zero-order valence-corrected chi connectivity index (χ0v) is 16.6. The summed E-state index contributed by atoms with van der Waals surface area (Å²) in [5.74, 6) is 1.33. The highest BCUT2D eigenvalue weighted by Crippen LogP contribution is 2.27. The van der Waals surface area contributed by atoms with Crippen LogP contribution in [-0.4, -0.2) is 50.9 Å². The van der Waals surface area contributed by atoms with Crippen LogP contribution in [-0.2, 0) is 17.7 Å². The second-order valence-electron chi connectivity index (χ2n) is 6.56. The summed E-state index contributed by atoms with van der Waals surface area (Å²) in [6.45, 7) is 1.92. The van der Waals surface area contributed by atoms with E-state index in [4.69, 9.17) is 14.2 Å². The average Bonchev–Trinajstić information content (AvgIpc) is 3.12. The van der Waals surface area contributed by atoms with E-state index in [-0.39, 0.29) is 12.1 Å². The second kappa shape index (κ2) is 9.68. The van der Waals surface area contributed by atoms with Crippen molar-refractivity contribution in [1.29, 1.82) is 0 Å². The molecule has 3 rings (SSSR count). The molecule has 1 heterocycles. The quantitative estimate of drug-likeness (QED) is 0.712. The van der Waals surface area contributed by atoms with Gasteiger partial charge < -0.3 is 29.7 Å². The maximum atomic E-state index is 12.2. The van der Waals surface area contributed by atoms with E-state index in [9.17, 15) is 9.59 Å². The first kappa shape index (κ1) is 20.3. The summed E-state index contributed by atoms with van der Waals surface area (Å²) in [5, 5.41) is 5.65. The van der Waals surface area contributed by atoms with Crippen LogP contribution in [0, 0.1) is 0 Å². The van der Waals surface area contributed by atoms with Crippen molar-refractivity contribution in [2.24, 2.45) is 0 Å². The number of methoxy groups -OCH3 is 2. The number of nitrogens with one attached hydrogen (secondary N) is 2. The molecule has 0 aliphatic carbocycles. The molecule has 0 atom stereocenters. The molecule has 1 aliphatic heterocycles. The Balaban J connectivity index is 1.48. The minimum Gasteiger partial charge on any atom is -0.493 e. The fourth-order valence-corrected chi connectivity index (χ4v) is 3.07. The third-order valence-corrected chi connectivity index (χ3v) is 4.55. The van der Waals surface area contributed by atoms with Crippen LogP contribution in [0.5, 0.6) is 11.5 Å². The van der Waals surface area contributed by atoms with Gasteiger partial charge in [-0.05, 0) is 41.8 Å². The van der Waals surface area contributed by atoms with Gasteiger partial charge in [-0.2, -0.15) is 0 Å². The Kier molecular flexibility index (Phi) is 6.78. The first-order valence-corrected chi connectivity index (χ1v) is 9.35. The highest BCUT2D eigenvalue weighted by atomic mass is 16.6. The molecular weight excluding hydrogens is 374 g/mol. The lowest BCUT2D eigenvalue weighted by Gasteiger charge is -2.14. The van der Waals surface area contributed by atoms with E-state index in [0.29, 0.717) is 49.8 Å². The first-order chi connectivity index (χ1) is 14.1. The highest BCUT2D eigenvalue weighted by molar-refractivity contribution is 5.89. The maximum absolute atomic E-state index is 12.2. The summed E-state index contributed by atoms with van der Waals surface area (Å²) >= 11 is 0. The molecule has 0 radical (unpaired) electrons. The Hall–Kier alpha value is -3.42. The summed E-state index contributed by atoms with van der Waals surface area (Å²) in [6.07, 6.45) is 0.349. The van der Waals surface area contributed by atoms with Crippen LogP contribution >= 0.6 is 0 Å². The number of hydrogen-bond donors (Lipinski definition) is 2. The van der Waals surface area contributed by atoms with Crippen molar-refractivity contribution in [2.45, 2.75) is 13.0 Å². The molecule has 1 aliphatic rings. The molecule has 0 aromatic heterocycles. The fraction of sp³-hybridized carbons (Fsp3) is 0.333. The molecule has 8 nitrogen and oxygen atoms in total. The number of carbonyl (C=O) groups is 2. The van der Waals surface area contributed by atoms with Gasteiger partial charge in [-0.15, -0.1) is 0 Å². The Morgan fingerprint density at radius 1 is 1.10 bits per heavy atom. The summed E-state index contributed by atoms with van der Waals surface area (Å²) in [5.41, 5.74) is 2.62. The molecule has 1 fully saturated rings. The van der Waals surface area contributed by atoms with Gasteiger partial charge in [0.2, 0.25) is 0 Å². The number of amides is 3. The zero-order valence-electron chi connectivity index (χ0n) is 16.6. The van der Waals surface area contributed by atoms with Gasteiger partial charge in [0.05, 0.1) is 20.8 Å². The topological polar surface area (TPSA) is 89.1 Å². The van der Waals surface area contributed by atoms with Gasteiger partial charge in [-0.3, -0.25) is 0 Å². The summed E-state index contributed by atoms with van der Waals surface area (Å²) in [4.78, 5) is 25.4. The average molecular weight is 399 g/mol. The molecule has 1 saturated heterocycles. The number of cyclic esters (lactones) is 1. The van der Waals surface area contributed by atoms with Crippen LogP contribution in [0.3, 0.4) is 0 Å². The number of benzene rings is 2. The first-order valence-electron chi connectivity index (χ1n) is 9.35. The smallest absolute Gasteiger partial charge is 0.410 e. The number of carbonyl (C=O) groups excluding carboxylic acids is 2. The lowest BCUT2D eigenvalue weighted by Crippen LogP contribution is -2.30. The lowest BCUT2D eigenvalue weighted by molar-refractivity contribution is 0.157. The molecule has 154 valence electrons. The third-order valence-electron chi connectivity index (χ3n) is 4.55. The summed E-state index contributed by atoms with van der Waals surface area (Å²) < 4.78 is 15.4. The molecule has 3 amide bonds. The number of urea groups is 1. The monoisotopic (exact) mass is 399 g/mol. The van der Waals surface area contributed by atoms with E-state index < -0.39 is 0 Å². The number of ether oxygens (including phenoxy) is 3. The minimum atomic E-state index is -0.309. The Bertz CT molecular complexity index is 871. The van der Waals surface area contributed by atoms with Crippen molar-refractivity contribution in [3.8, 4) is 11.5 Å². The number of anilines is 1. The van der Waals surface area contributed by atoms with Gasteiger partial charge in [0.1, 0.15) is 6.61 Å². The minimum absolute atomic E-state index is 0.289. The predicted octanol–water partition coefficient (Wildman–Crippen LogP) is 3.02. The number of hydrogen-bond acceptors (Lipinski definition) is 5. The Labute approximate surface area is 169 Å². The SMILES string of the molecule is COc1ccc(CCNC(=O)Nc2cccc(CN3CCOC3=O)c2)cc1OC. The lowest BCUT2D eigenvalue weighted by atomic mass is 10.1. The van der Waals surface area contributed by atoms with Crippen LogP contribution in [0.1, 0.15) is 11.1 Å². The third kappa shape index (κ3) is 5.54. The van der Waals surface area contributed by atoms with Gasteiger partial charge in [-0.25, -0.2) is 9.59 Å². The van der Waals surface area contributed by atoms with E-state index >= 15 is 0 Å². The fourth-order valence-electron chi connectivity index (χ4n) is 3.07. The molecule has 0 bridgehead atoms. The largest absolute Gasteiger partial charge is 0.493 e. The molecule has 2 aromatic carbocycles. The maximum Gasteiger partial charge on any atom is 0.410 e. The molecule has 0 unspecified atom stereocenters. The second-order valence-corrected chi connectivity index (χ2v) is 6.56. The van der Waals surface area contributed by atoms with E-state index in [2.05, 4.69) is 10.6 Å². The Morgan fingerprint density at radius 3 is 2.66 bits per heavy atom. The van der Waals surface area contributed by atoms with Crippen molar-refractivity contribution in [3.63, 3.8) is 0 Å². The molecule has 29 heavy (non-hydrogen) atoms. The Morgan fingerprint density at radius 2 is 1.93 bits per heavy atom. The highest BCUT2D eigenvalue weighted by Gasteiger charge is 2.21. The molecule has 0 saturated carbocycles. The summed E-state index contributed by atoms with van der Waals surface area (Å²) in [6, 6.07) is 12.8. The van der Waals surface area contributed by atoms with Crippen molar-refractivity contribution >= 4 is 17.8 Å².